The maximum absolute atomic E-state index is 11.7. The van der Waals surface area contributed by atoms with Gasteiger partial charge < -0.3 is 16.0 Å². The summed E-state index contributed by atoms with van der Waals surface area (Å²) in [5, 5.41) is 13.4. The molecule has 1 aliphatic heterocycles. The van der Waals surface area contributed by atoms with E-state index >= 15 is 0 Å². The standard InChI is InChI=1S/C12H17N5O3/c1-14-12(18)8-3-2-6-16(7-8)10-5-4-9(17(19)20)11(13)15-10/h4-5,8H,2-3,6-7H2,1H3,(H2,13,15)(H,14,18). The number of piperidine rings is 1. The Hall–Kier alpha value is -2.38. The van der Waals surface area contributed by atoms with Crippen molar-refractivity contribution in [3.63, 3.8) is 0 Å². The lowest BCUT2D eigenvalue weighted by Gasteiger charge is -2.32. The van der Waals surface area contributed by atoms with Gasteiger partial charge in [-0.3, -0.25) is 14.9 Å². The van der Waals surface area contributed by atoms with E-state index in [1.165, 1.54) is 6.07 Å². The summed E-state index contributed by atoms with van der Waals surface area (Å²) in [6, 6.07) is 2.92. The number of hydrogen-bond donors (Lipinski definition) is 2. The molecule has 1 saturated heterocycles. The average molecular weight is 279 g/mol. The van der Waals surface area contributed by atoms with Crippen molar-refractivity contribution >= 4 is 23.2 Å². The van der Waals surface area contributed by atoms with E-state index in [9.17, 15) is 14.9 Å². The van der Waals surface area contributed by atoms with Crippen LogP contribution in [0.3, 0.4) is 0 Å². The van der Waals surface area contributed by atoms with Crippen LogP contribution < -0.4 is 16.0 Å². The molecule has 1 unspecified atom stereocenters. The second kappa shape index (κ2) is 5.72. The number of carbonyl (C=O) groups excluding carboxylic acids is 1. The van der Waals surface area contributed by atoms with Crippen molar-refractivity contribution in [2.24, 2.45) is 5.92 Å². The molecule has 1 aromatic heterocycles. The first-order valence-electron chi connectivity index (χ1n) is 6.40. The van der Waals surface area contributed by atoms with Gasteiger partial charge in [-0.25, -0.2) is 4.98 Å². The molecular weight excluding hydrogens is 262 g/mol. The molecule has 1 aliphatic rings. The summed E-state index contributed by atoms with van der Waals surface area (Å²) in [6.07, 6.45) is 1.70. The number of nitrogens with two attached hydrogens (primary N) is 1. The normalized spacial score (nSPS) is 18.6. The molecular formula is C12H17N5O3. The van der Waals surface area contributed by atoms with Crippen LogP contribution in [0.5, 0.6) is 0 Å². The number of nitrogens with one attached hydrogen (secondary N) is 1. The van der Waals surface area contributed by atoms with Crippen molar-refractivity contribution in [3.05, 3.63) is 22.2 Å². The van der Waals surface area contributed by atoms with Gasteiger partial charge >= 0.3 is 5.69 Å². The van der Waals surface area contributed by atoms with Crippen LogP contribution in [0.4, 0.5) is 17.3 Å². The molecule has 0 bridgehead atoms. The minimum absolute atomic E-state index is 0.00424. The first kappa shape index (κ1) is 14.0. The third-order valence-electron chi connectivity index (χ3n) is 3.45. The van der Waals surface area contributed by atoms with Gasteiger partial charge in [0.15, 0.2) is 0 Å². The molecule has 8 heteroatoms. The lowest BCUT2D eigenvalue weighted by Crippen LogP contribution is -2.42. The van der Waals surface area contributed by atoms with E-state index in [4.69, 9.17) is 5.73 Å². The van der Waals surface area contributed by atoms with Crippen LogP contribution in [-0.4, -0.2) is 36.0 Å². The van der Waals surface area contributed by atoms with Gasteiger partial charge in [0.2, 0.25) is 11.7 Å². The molecule has 0 spiro atoms. The van der Waals surface area contributed by atoms with Crippen LogP contribution >= 0.6 is 0 Å². The van der Waals surface area contributed by atoms with Gasteiger partial charge in [0, 0.05) is 26.2 Å². The van der Waals surface area contributed by atoms with Gasteiger partial charge in [0.1, 0.15) is 5.82 Å². The molecule has 20 heavy (non-hydrogen) atoms. The quantitative estimate of drug-likeness (QED) is 0.616. The SMILES string of the molecule is CNC(=O)C1CCCN(c2ccc([N+](=O)[O-])c(N)n2)C1. The fourth-order valence-electron chi connectivity index (χ4n) is 2.39. The zero-order chi connectivity index (χ0) is 14.7. The Kier molecular flexibility index (Phi) is 4.02. The number of pyridine rings is 1. The summed E-state index contributed by atoms with van der Waals surface area (Å²) in [4.78, 5) is 27.8. The van der Waals surface area contributed by atoms with Gasteiger partial charge in [-0.2, -0.15) is 0 Å². The Morgan fingerprint density at radius 2 is 2.35 bits per heavy atom. The predicted octanol–water partition coefficient (Wildman–Crippen LogP) is 0.534. The highest BCUT2D eigenvalue weighted by Crippen LogP contribution is 2.26. The topological polar surface area (TPSA) is 114 Å². The van der Waals surface area contributed by atoms with Gasteiger partial charge in [0.25, 0.3) is 0 Å². The summed E-state index contributed by atoms with van der Waals surface area (Å²) in [6.45, 7) is 1.31. The first-order valence-corrected chi connectivity index (χ1v) is 6.40. The van der Waals surface area contributed by atoms with Crippen molar-refractivity contribution in [2.45, 2.75) is 12.8 Å². The second-order valence-corrected chi connectivity index (χ2v) is 4.73. The van der Waals surface area contributed by atoms with Gasteiger partial charge in [0.05, 0.1) is 10.8 Å². The highest BCUT2D eigenvalue weighted by atomic mass is 16.6. The van der Waals surface area contributed by atoms with E-state index in [1.54, 1.807) is 13.1 Å². The van der Waals surface area contributed by atoms with Crippen LogP contribution in [-0.2, 0) is 4.79 Å². The third kappa shape index (κ3) is 2.79. The number of carbonyl (C=O) groups is 1. The van der Waals surface area contributed by atoms with Crippen LogP contribution in [0.2, 0.25) is 0 Å². The maximum Gasteiger partial charge on any atom is 0.311 e. The summed E-state index contributed by atoms with van der Waals surface area (Å²) in [5.41, 5.74) is 5.39. The molecule has 2 heterocycles. The highest BCUT2D eigenvalue weighted by molar-refractivity contribution is 5.79. The molecule has 8 nitrogen and oxygen atoms in total. The van der Waals surface area contributed by atoms with Crippen molar-refractivity contribution in [3.8, 4) is 0 Å². The Labute approximate surface area is 116 Å². The summed E-state index contributed by atoms with van der Waals surface area (Å²) >= 11 is 0. The number of amides is 1. The number of hydrogen-bond acceptors (Lipinski definition) is 6. The average Bonchev–Trinajstić information content (AvgIpc) is 2.46. The Morgan fingerprint density at radius 1 is 1.60 bits per heavy atom. The monoisotopic (exact) mass is 279 g/mol. The Balaban J connectivity index is 2.17. The van der Waals surface area contributed by atoms with Gasteiger partial charge in [-0.15, -0.1) is 0 Å². The molecule has 3 N–H and O–H groups in total. The Bertz CT molecular complexity index is 534. The zero-order valence-corrected chi connectivity index (χ0v) is 11.2. The molecule has 1 atom stereocenters. The van der Waals surface area contributed by atoms with Crippen molar-refractivity contribution in [1.82, 2.24) is 10.3 Å². The van der Waals surface area contributed by atoms with Crippen molar-refractivity contribution < 1.29 is 9.72 Å². The summed E-state index contributed by atoms with van der Waals surface area (Å²) in [5.74, 6) is 0.382. The molecule has 0 saturated carbocycles. The highest BCUT2D eigenvalue weighted by Gasteiger charge is 2.26. The maximum atomic E-state index is 11.7. The molecule has 0 aliphatic carbocycles. The second-order valence-electron chi connectivity index (χ2n) is 4.73. The fourth-order valence-corrected chi connectivity index (χ4v) is 2.39. The van der Waals surface area contributed by atoms with Crippen molar-refractivity contribution in [2.75, 3.05) is 30.8 Å². The van der Waals surface area contributed by atoms with Gasteiger partial charge in [-0.1, -0.05) is 0 Å². The lowest BCUT2D eigenvalue weighted by atomic mass is 9.97. The summed E-state index contributed by atoms with van der Waals surface area (Å²) in [7, 11) is 1.61. The summed E-state index contributed by atoms with van der Waals surface area (Å²) < 4.78 is 0. The van der Waals surface area contributed by atoms with E-state index in [-0.39, 0.29) is 23.3 Å². The van der Waals surface area contributed by atoms with E-state index in [2.05, 4.69) is 10.3 Å². The van der Waals surface area contributed by atoms with Crippen LogP contribution in [0.15, 0.2) is 12.1 Å². The van der Waals surface area contributed by atoms with Crippen molar-refractivity contribution in [1.29, 1.82) is 0 Å². The number of nitrogens with zero attached hydrogens (tertiary/aromatic N) is 3. The molecule has 1 aromatic rings. The number of nitro groups is 1. The molecule has 1 fully saturated rings. The van der Waals surface area contributed by atoms with Crippen LogP contribution in [0, 0.1) is 16.0 Å². The lowest BCUT2D eigenvalue weighted by molar-refractivity contribution is -0.384. The molecule has 0 aromatic carbocycles. The van der Waals surface area contributed by atoms with E-state index < -0.39 is 4.92 Å². The Morgan fingerprint density at radius 3 is 2.95 bits per heavy atom. The van der Waals surface area contributed by atoms with E-state index in [0.717, 1.165) is 19.4 Å². The fraction of sp³-hybridized carbons (Fsp3) is 0.500. The van der Waals surface area contributed by atoms with E-state index in [1.807, 2.05) is 4.90 Å². The van der Waals surface area contributed by atoms with Gasteiger partial charge in [-0.05, 0) is 18.9 Å². The van der Waals surface area contributed by atoms with Crippen LogP contribution in [0.25, 0.3) is 0 Å². The first-order chi connectivity index (χ1) is 9.52. The van der Waals surface area contributed by atoms with E-state index in [0.29, 0.717) is 12.4 Å². The molecule has 108 valence electrons. The number of aromatic nitrogens is 1. The third-order valence-corrected chi connectivity index (χ3v) is 3.45. The number of rotatable bonds is 3. The molecule has 2 rings (SSSR count). The largest absolute Gasteiger partial charge is 0.378 e. The van der Waals surface area contributed by atoms with Crippen LogP contribution in [0.1, 0.15) is 12.8 Å². The number of anilines is 2. The number of nitrogen functional groups attached to an aromatic ring is 1. The molecule has 1 amide bonds. The molecule has 0 radical (unpaired) electrons. The predicted molar refractivity (Wildman–Crippen MR) is 74.3 cm³/mol. The minimum Gasteiger partial charge on any atom is -0.378 e. The smallest absolute Gasteiger partial charge is 0.311 e. The minimum atomic E-state index is -0.560. The zero-order valence-electron chi connectivity index (χ0n) is 11.2.